The summed E-state index contributed by atoms with van der Waals surface area (Å²) in [5, 5.41) is 3.80. The van der Waals surface area contributed by atoms with Gasteiger partial charge in [0.25, 0.3) is 0 Å². The molecule has 1 aromatic heterocycles. The van der Waals surface area contributed by atoms with E-state index in [-0.39, 0.29) is 5.41 Å². The number of hydrogen-bond acceptors (Lipinski definition) is 2. The molecule has 1 heterocycles. The number of aromatic nitrogens is 2. The maximum Gasteiger partial charge on any atom is 0.115 e. The smallest absolute Gasteiger partial charge is 0.115 e. The van der Waals surface area contributed by atoms with Crippen molar-refractivity contribution in [1.82, 2.24) is 9.97 Å². The molecule has 2 nitrogen and oxygen atoms in total. The molecule has 0 aliphatic rings. The van der Waals surface area contributed by atoms with Gasteiger partial charge in [0.15, 0.2) is 0 Å². The van der Waals surface area contributed by atoms with E-state index in [2.05, 4.69) is 92.8 Å². The minimum atomic E-state index is -1.45. The van der Waals surface area contributed by atoms with Crippen LogP contribution in [0.5, 0.6) is 0 Å². The molecule has 0 N–H and O–H groups in total. The maximum atomic E-state index is 4.56. The lowest BCUT2D eigenvalue weighted by atomic mass is 9.82. The Kier molecular flexibility index (Phi) is 4.08. The van der Waals surface area contributed by atoms with E-state index in [9.17, 15) is 0 Å². The zero-order chi connectivity index (χ0) is 17.5. The summed E-state index contributed by atoms with van der Waals surface area (Å²) in [5.74, 6) is 0. The Labute approximate surface area is 146 Å². The standard InChI is InChI=1S/C21H26N2Si/c1-21(2,3)18-12-16(11-15-9-7-8-10-17(15)18)19-13-20(23-14-22-19)24(4,5)6/h7-14H,1-6H3. The first-order valence-electron chi connectivity index (χ1n) is 8.52. The first kappa shape index (κ1) is 16.8. The van der Waals surface area contributed by atoms with Crippen molar-refractivity contribution < 1.29 is 0 Å². The van der Waals surface area contributed by atoms with E-state index in [1.54, 1.807) is 6.33 Å². The predicted molar refractivity (Wildman–Crippen MR) is 107 cm³/mol. The van der Waals surface area contributed by atoms with Crippen LogP contribution in [0.4, 0.5) is 0 Å². The topological polar surface area (TPSA) is 25.8 Å². The highest BCUT2D eigenvalue weighted by atomic mass is 28.3. The first-order valence-corrected chi connectivity index (χ1v) is 12.0. The van der Waals surface area contributed by atoms with E-state index in [1.807, 2.05) is 0 Å². The van der Waals surface area contributed by atoms with E-state index in [0.29, 0.717) is 0 Å². The van der Waals surface area contributed by atoms with Crippen LogP contribution in [0.1, 0.15) is 26.3 Å². The number of hydrogen-bond donors (Lipinski definition) is 0. The molecule has 2 aromatic carbocycles. The monoisotopic (exact) mass is 334 g/mol. The Morgan fingerprint density at radius 3 is 2.25 bits per heavy atom. The molecule has 0 spiro atoms. The number of rotatable bonds is 2. The fraction of sp³-hybridized carbons (Fsp3) is 0.333. The molecule has 0 radical (unpaired) electrons. The molecule has 0 aliphatic carbocycles. The maximum absolute atomic E-state index is 4.56. The van der Waals surface area contributed by atoms with Crippen molar-refractivity contribution in [2.45, 2.75) is 45.8 Å². The van der Waals surface area contributed by atoms with Crippen LogP contribution in [0, 0.1) is 0 Å². The Morgan fingerprint density at radius 2 is 1.58 bits per heavy atom. The average Bonchev–Trinajstić information content (AvgIpc) is 2.52. The van der Waals surface area contributed by atoms with E-state index in [4.69, 9.17) is 0 Å². The van der Waals surface area contributed by atoms with Crippen molar-refractivity contribution in [3.05, 3.63) is 54.4 Å². The Bertz CT molecular complexity index is 886. The number of fused-ring (bicyclic) bond motifs is 1. The van der Waals surface area contributed by atoms with Gasteiger partial charge in [0.1, 0.15) is 14.4 Å². The summed E-state index contributed by atoms with van der Waals surface area (Å²) >= 11 is 0. The van der Waals surface area contributed by atoms with Crippen LogP contribution in [0.25, 0.3) is 22.0 Å². The molecule has 24 heavy (non-hydrogen) atoms. The molecule has 0 fully saturated rings. The molecule has 0 saturated carbocycles. The van der Waals surface area contributed by atoms with Crippen molar-refractivity contribution in [2.75, 3.05) is 0 Å². The van der Waals surface area contributed by atoms with Gasteiger partial charge in [-0.2, -0.15) is 0 Å². The molecule has 0 unspecified atom stereocenters. The second kappa shape index (κ2) is 5.82. The SMILES string of the molecule is CC(C)(C)c1cc(-c2cc([Si](C)(C)C)ncn2)cc2ccccc12. The van der Waals surface area contributed by atoms with Crippen molar-refractivity contribution in [3.8, 4) is 11.3 Å². The highest BCUT2D eigenvalue weighted by molar-refractivity contribution is 6.88. The summed E-state index contributed by atoms with van der Waals surface area (Å²) in [6, 6.07) is 15.4. The lowest BCUT2D eigenvalue weighted by molar-refractivity contribution is 0.596. The van der Waals surface area contributed by atoms with Crippen LogP contribution in [-0.4, -0.2) is 18.0 Å². The quantitative estimate of drug-likeness (QED) is 0.606. The molecule has 3 aromatic rings. The Hall–Kier alpha value is -2.00. The lowest BCUT2D eigenvalue weighted by Gasteiger charge is -2.23. The van der Waals surface area contributed by atoms with Crippen LogP contribution in [-0.2, 0) is 5.41 Å². The van der Waals surface area contributed by atoms with Crippen LogP contribution in [0.2, 0.25) is 19.6 Å². The van der Waals surface area contributed by atoms with Gasteiger partial charge >= 0.3 is 0 Å². The molecular formula is C21H26N2Si. The third kappa shape index (κ3) is 3.27. The predicted octanol–water partition coefficient (Wildman–Crippen LogP) is 5.14. The van der Waals surface area contributed by atoms with Gasteiger partial charge in [-0.25, -0.2) is 9.97 Å². The molecule has 3 rings (SSSR count). The molecule has 124 valence electrons. The van der Waals surface area contributed by atoms with Gasteiger partial charge in [-0.3, -0.25) is 0 Å². The summed E-state index contributed by atoms with van der Waals surface area (Å²) in [4.78, 5) is 9.08. The zero-order valence-corrected chi connectivity index (χ0v) is 16.5. The van der Waals surface area contributed by atoms with Crippen molar-refractivity contribution >= 4 is 24.2 Å². The molecular weight excluding hydrogens is 308 g/mol. The van der Waals surface area contributed by atoms with E-state index < -0.39 is 8.07 Å². The summed E-state index contributed by atoms with van der Waals surface area (Å²) in [6.45, 7) is 13.8. The normalized spacial score (nSPS) is 12.6. The minimum absolute atomic E-state index is 0.0876. The third-order valence-corrected chi connectivity index (χ3v) is 6.21. The van der Waals surface area contributed by atoms with E-state index in [0.717, 1.165) is 5.69 Å². The summed E-state index contributed by atoms with van der Waals surface area (Å²) in [7, 11) is -1.45. The third-order valence-electron chi connectivity index (χ3n) is 4.40. The fourth-order valence-corrected chi connectivity index (χ4v) is 4.02. The summed E-state index contributed by atoms with van der Waals surface area (Å²) in [5.41, 5.74) is 3.66. The van der Waals surface area contributed by atoms with Gasteiger partial charge in [0.2, 0.25) is 0 Å². The van der Waals surface area contributed by atoms with Crippen LogP contribution in [0.15, 0.2) is 48.8 Å². The lowest BCUT2D eigenvalue weighted by Crippen LogP contribution is -2.40. The highest BCUT2D eigenvalue weighted by Gasteiger charge is 2.21. The molecule has 0 aliphatic heterocycles. The summed E-state index contributed by atoms with van der Waals surface area (Å²) < 4.78 is 0. The van der Waals surface area contributed by atoms with Crippen LogP contribution < -0.4 is 5.32 Å². The van der Waals surface area contributed by atoms with Gasteiger partial charge in [0.05, 0.1) is 5.69 Å². The van der Waals surface area contributed by atoms with Gasteiger partial charge in [0, 0.05) is 10.9 Å². The second-order valence-corrected chi connectivity index (χ2v) is 13.5. The zero-order valence-electron chi connectivity index (χ0n) is 15.5. The molecule has 0 bridgehead atoms. The van der Waals surface area contributed by atoms with Crippen LogP contribution >= 0.6 is 0 Å². The highest BCUT2D eigenvalue weighted by Crippen LogP contribution is 2.34. The molecule has 0 saturated heterocycles. The molecule has 0 atom stereocenters. The number of benzene rings is 2. The first-order chi connectivity index (χ1) is 11.2. The number of nitrogens with zero attached hydrogens (tertiary/aromatic N) is 2. The summed E-state index contributed by atoms with van der Waals surface area (Å²) in [6.07, 6.45) is 1.72. The largest absolute Gasteiger partial charge is 0.246 e. The van der Waals surface area contributed by atoms with Crippen molar-refractivity contribution in [2.24, 2.45) is 0 Å². The van der Waals surface area contributed by atoms with Gasteiger partial charge in [-0.15, -0.1) is 0 Å². The van der Waals surface area contributed by atoms with Crippen molar-refractivity contribution in [1.29, 1.82) is 0 Å². The Balaban J connectivity index is 2.25. The van der Waals surface area contributed by atoms with Gasteiger partial charge in [-0.05, 0) is 39.9 Å². The van der Waals surface area contributed by atoms with Gasteiger partial charge < -0.3 is 0 Å². The molecule has 0 amide bonds. The minimum Gasteiger partial charge on any atom is -0.246 e. The van der Waals surface area contributed by atoms with Gasteiger partial charge in [-0.1, -0.05) is 64.7 Å². The van der Waals surface area contributed by atoms with Crippen molar-refractivity contribution in [3.63, 3.8) is 0 Å². The molecule has 3 heteroatoms. The van der Waals surface area contributed by atoms with Crippen LogP contribution in [0.3, 0.4) is 0 Å². The average molecular weight is 335 g/mol. The fourth-order valence-electron chi connectivity index (χ4n) is 3.00. The second-order valence-electron chi connectivity index (χ2n) is 8.53. The van der Waals surface area contributed by atoms with E-state index >= 15 is 0 Å². The Morgan fingerprint density at radius 1 is 0.875 bits per heavy atom. The van der Waals surface area contributed by atoms with E-state index in [1.165, 1.54) is 27.2 Å².